The van der Waals surface area contributed by atoms with Gasteiger partial charge in [0, 0.05) is 37.1 Å². The maximum absolute atomic E-state index is 14.7. The smallest absolute Gasteiger partial charge is 0.259 e. The maximum atomic E-state index is 14.7. The van der Waals surface area contributed by atoms with Crippen LogP contribution in [0, 0.1) is 23.3 Å². The van der Waals surface area contributed by atoms with Gasteiger partial charge in [0.2, 0.25) is 0 Å². The second-order valence-corrected chi connectivity index (χ2v) is 7.71. The van der Waals surface area contributed by atoms with Crippen LogP contribution in [0.25, 0.3) is 16.9 Å². The van der Waals surface area contributed by atoms with Gasteiger partial charge in [-0.15, -0.1) is 0 Å². The van der Waals surface area contributed by atoms with E-state index in [0.29, 0.717) is 29.1 Å². The van der Waals surface area contributed by atoms with Gasteiger partial charge in [-0.3, -0.25) is 9.48 Å². The fourth-order valence-electron chi connectivity index (χ4n) is 4.23. The summed E-state index contributed by atoms with van der Waals surface area (Å²) in [6.07, 6.45) is 3.48. The number of hydrogen-bond donors (Lipinski definition) is 0. The molecule has 1 aliphatic rings. The molecule has 0 fully saturated rings. The Morgan fingerprint density at radius 3 is 2.48 bits per heavy atom. The number of aryl methyl sites for hydroxylation is 1. The standard InChI is InChI=1S/C23H17F4N5O/c1-30-22(13-10-16(25)21(27)17(26)11-13)14-6-9-31(12-18(14)29-30)23(33)20-15(24)4-2-5-19(20)32-8-3-7-28-32/h2-5,7-8,10-11H,6,9,12H2,1H3. The summed E-state index contributed by atoms with van der Waals surface area (Å²) in [6, 6.07) is 7.83. The molecule has 2 aromatic carbocycles. The van der Waals surface area contributed by atoms with Crippen molar-refractivity contribution in [2.24, 2.45) is 7.05 Å². The van der Waals surface area contributed by atoms with E-state index in [9.17, 15) is 22.4 Å². The normalized spacial score (nSPS) is 13.3. The zero-order valence-corrected chi connectivity index (χ0v) is 17.4. The average Bonchev–Trinajstić information content (AvgIpc) is 3.43. The van der Waals surface area contributed by atoms with Crippen molar-refractivity contribution >= 4 is 5.91 Å². The second-order valence-electron chi connectivity index (χ2n) is 7.71. The molecule has 0 spiro atoms. The fraction of sp³-hybridized carbons (Fsp3) is 0.174. The number of carbonyl (C=O) groups is 1. The summed E-state index contributed by atoms with van der Waals surface area (Å²) in [7, 11) is 1.60. The van der Waals surface area contributed by atoms with Crippen LogP contribution in [0.4, 0.5) is 17.6 Å². The van der Waals surface area contributed by atoms with Crippen molar-refractivity contribution in [3.05, 3.63) is 88.9 Å². The van der Waals surface area contributed by atoms with Gasteiger partial charge in [-0.05, 0) is 36.8 Å². The van der Waals surface area contributed by atoms with Crippen LogP contribution in [0.15, 0.2) is 48.8 Å². The van der Waals surface area contributed by atoms with Crippen LogP contribution in [0.1, 0.15) is 21.6 Å². The third kappa shape index (κ3) is 3.47. The predicted octanol–water partition coefficient (Wildman–Crippen LogP) is 4.03. The summed E-state index contributed by atoms with van der Waals surface area (Å²) in [5.74, 6) is -5.31. The van der Waals surface area contributed by atoms with Crippen LogP contribution >= 0.6 is 0 Å². The minimum atomic E-state index is -1.54. The van der Waals surface area contributed by atoms with E-state index in [2.05, 4.69) is 10.2 Å². The molecular weight excluding hydrogens is 438 g/mol. The van der Waals surface area contributed by atoms with Crippen molar-refractivity contribution in [1.82, 2.24) is 24.5 Å². The minimum Gasteiger partial charge on any atom is -0.332 e. The van der Waals surface area contributed by atoms with Crippen molar-refractivity contribution in [3.8, 4) is 16.9 Å². The summed E-state index contributed by atoms with van der Waals surface area (Å²) in [5, 5.41) is 8.50. The van der Waals surface area contributed by atoms with E-state index in [4.69, 9.17) is 0 Å². The van der Waals surface area contributed by atoms with Gasteiger partial charge in [0.15, 0.2) is 17.5 Å². The number of nitrogens with zero attached hydrogens (tertiary/aromatic N) is 5. The number of fused-ring (bicyclic) bond motifs is 1. The van der Waals surface area contributed by atoms with Crippen molar-refractivity contribution in [3.63, 3.8) is 0 Å². The average molecular weight is 455 g/mol. The van der Waals surface area contributed by atoms with E-state index in [0.717, 1.165) is 12.1 Å². The van der Waals surface area contributed by atoms with Crippen molar-refractivity contribution in [1.29, 1.82) is 0 Å². The Hall–Kier alpha value is -3.95. The lowest BCUT2D eigenvalue weighted by Gasteiger charge is -2.27. The molecule has 3 heterocycles. The number of aromatic nitrogens is 4. The van der Waals surface area contributed by atoms with Crippen LogP contribution in [0.3, 0.4) is 0 Å². The predicted molar refractivity (Wildman–Crippen MR) is 110 cm³/mol. The highest BCUT2D eigenvalue weighted by Gasteiger charge is 2.31. The number of carbonyl (C=O) groups excluding carboxylic acids is 1. The Morgan fingerprint density at radius 2 is 1.79 bits per heavy atom. The molecule has 0 radical (unpaired) electrons. The van der Waals surface area contributed by atoms with E-state index in [1.807, 2.05) is 0 Å². The first-order chi connectivity index (χ1) is 15.8. The molecule has 1 amide bonds. The first-order valence-corrected chi connectivity index (χ1v) is 10.1. The third-order valence-electron chi connectivity index (χ3n) is 5.70. The lowest BCUT2D eigenvalue weighted by Crippen LogP contribution is -2.37. The van der Waals surface area contributed by atoms with Crippen LogP contribution in [-0.2, 0) is 20.0 Å². The van der Waals surface area contributed by atoms with Gasteiger partial charge in [-0.25, -0.2) is 22.2 Å². The summed E-state index contributed by atoms with van der Waals surface area (Å²) >= 11 is 0. The van der Waals surface area contributed by atoms with Gasteiger partial charge in [0.05, 0.1) is 23.6 Å². The zero-order valence-electron chi connectivity index (χ0n) is 17.4. The van der Waals surface area contributed by atoms with E-state index in [1.165, 1.54) is 32.6 Å². The summed E-state index contributed by atoms with van der Waals surface area (Å²) in [5.41, 5.74) is 2.02. The van der Waals surface area contributed by atoms with Gasteiger partial charge in [0.25, 0.3) is 5.91 Å². The molecule has 0 unspecified atom stereocenters. The topological polar surface area (TPSA) is 56.0 Å². The molecule has 0 saturated heterocycles. The molecule has 0 saturated carbocycles. The van der Waals surface area contributed by atoms with Crippen LogP contribution in [0.2, 0.25) is 0 Å². The molecule has 33 heavy (non-hydrogen) atoms. The Balaban J connectivity index is 1.50. The molecule has 168 valence electrons. The molecule has 0 aliphatic carbocycles. The number of hydrogen-bond acceptors (Lipinski definition) is 3. The molecule has 5 rings (SSSR count). The second kappa shape index (κ2) is 7.88. The molecular formula is C23H17F4N5O. The lowest BCUT2D eigenvalue weighted by molar-refractivity contribution is 0.0727. The highest BCUT2D eigenvalue weighted by molar-refractivity contribution is 5.98. The lowest BCUT2D eigenvalue weighted by atomic mass is 9.98. The molecule has 0 atom stereocenters. The molecule has 4 aromatic rings. The first-order valence-electron chi connectivity index (χ1n) is 10.1. The monoisotopic (exact) mass is 455 g/mol. The Morgan fingerprint density at radius 1 is 1.03 bits per heavy atom. The van der Waals surface area contributed by atoms with Crippen molar-refractivity contribution in [2.75, 3.05) is 6.54 Å². The van der Waals surface area contributed by atoms with Gasteiger partial charge < -0.3 is 4.90 Å². The van der Waals surface area contributed by atoms with E-state index in [1.54, 1.807) is 25.4 Å². The zero-order chi connectivity index (χ0) is 23.3. The van der Waals surface area contributed by atoms with Crippen LogP contribution in [-0.4, -0.2) is 36.9 Å². The van der Waals surface area contributed by atoms with Crippen molar-refractivity contribution < 1.29 is 22.4 Å². The summed E-state index contributed by atoms with van der Waals surface area (Å²) < 4.78 is 58.6. The molecule has 2 aromatic heterocycles. The summed E-state index contributed by atoms with van der Waals surface area (Å²) in [4.78, 5) is 14.8. The molecule has 0 N–H and O–H groups in total. The van der Waals surface area contributed by atoms with Crippen molar-refractivity contribution in [2.45, 2.75) is 13.0 Å². The highest BCUT2D eigenvalue weighted by Crippen LogP contribution is 2.32. The maximum Gasteiger partial charge on any atom is 0.259 e. The van der Waals surface area contributed by atoms with Gasteiger partial charge in [-0.1, -0.05) is 6.07 Å². The SMILES string of the molecule is Cn1nc2c(c1-c1cc(F)c(F)c(F)c1)CCN(C(=O)c1c(F)cccc1-n1cccn1)C2. The van der Waals surface area contributed by atoms with Crippen LogP contribution in [0.5, 0.6) is 0 Å². The third-order valence-corrected chi connectivity index (χ3v) is 5.70. The number of amides is 1. The van der Waals surface area contributed by atoms with Gasteiger partial charge in [-0.2, -0.15) is 10.2 Å². The Bertz CT molecular complexity index is 1360. The molecule has 10 heteroatoms. The minimum absolute atomic E-state index is 0.0844. The first kappa shape index (κ1) is 20.9. The largest absolute Gasteiger partial charge is 0.332 e. The quantitative estimate of drug-likeness (QED) is 0.346. The number of rotatable bonds is 3. The number of halogens is 4. The Labute approximate surface area is 185 Å². The van der Waals surface area contributed by atoms with E-state index >= 15 is 0 Å². The fourth-order valence-corrected chi connectivity index (χ4v) is 4.23. The van der Waals surface area contributed by atoms with Gasteiger partial charge >= 0.3 is 0 Å². The Kier molecular flexibility index (Phi) is 4.99. The van der Waals surface area contributed by atoms with Crippen LogP contribution < -0.4 is 0 Å². The summed E-state index contributed by atoms with van der Waals surface area (Å²) in [6.45, 7) is 0.324. The molecule has 6 nitrogen and oxygen atoms in total. The van der Waals surface area contributed by atoms with E-state index in [-0.39, 0.29) is 24.2 Å². The highest BCUT2D eigenvalue weighted by atomic mass is 19.2. The molecule has 0 bridgehead atoms. The molecule has 1 aliphatic heterocycles. The van der Waals surface area contributed by atoms with Gasteiger partial charge in [0.1, 0.15) is 11.4 Å². The van der Waals surface area contributed by atoms with E-state index < -0.39 is 29.2 Å². The number of benzene rings is 2.